The number of hydrogen-bond donors (Lipinski definition) is 3. The minimum absolute atomic E-state index is 0.0664. The predicted molar refractivity (Wildman–Crippen MR) is 131 cm³/mol. The fraction of sp³-hybridized carbons (Fsp3) is 0.625. The van der Waals surface area contributed by atoms with Gasteiger partial charge < -0.3 is 20.3 Å². The second-order valence-electron chi connectivity index (χ2n) is 9.74. The molecule has 0 saturated heterocycles. The van der Waals surface area contributed by atoms with Crippen LogP contribution in [-0.4, -0.2) is 52.3 Å². The minimum atomic E-state index is -0.937. The van der Waals surface area contributed by atoms with Crippen LogP contribution in [0.15, 0.2) is 24.3 Å². The van der Waals surface area contributed by atoms with Gasteiger partial charge in [0.05, 0.1) is 0 Å². The first kappa shape index (κ1) is 27.8. The molecule has 2 unspecified atom stereocenters. The zero-order valence-electron chi connectivity index (χ0n) is 20.6. The summed E-state index contributed by atoms with van der Waals surface area (Å²) in [5.41, 5.74) is 0.667. The Hall–Kier alpha value is -2.22. The quantitative estimate of drug-likeness (QED) is 0.509. The Labute approximate surface area is 198 Å². The Morgan fingerprint density at radius 1 is 1.03 bits per heavy atom. The standard InChI is InChI=1S/C24H39N3O4S/c1-9-16-11-13-17(14-12-16)19(20(28)26-23(3,4)5)27(10-2)21(29)18(15-32)25-22(30)31-24(6,7)8/h11-14,18-19,32H,9-10,15H2,1-8H3,(H,25,30)(H,26,28). The van der Waals surface area contributed by atoms with Gasteiger partial charge in [-0.25, -0.2) is 4.79 Å². The molecule has 0 heterocycles. The van der Waals surface area contributed by atoms with Crippen molar-refractivity contribution in [1.82, 2.24) is 15.5 Å². The molecule has 1 rings (SSSR count). The Bertz CT molecular complexity index is 782. The molecule has 0 radical (unpaired) electrons. The molecule has 8 heteroatoms. The summed E-state index contributed by atoms with van der Waals surface area (Å²) < 4.78 is 5.28. The highest BCUT2D eigenvalue weighted by Gasteiger charge is 2.36. The van der Waals surface area contributed by atoms with Gasteiger partial charge in [-0.15, -0.1) is 0 Å². The topological polar surface area (TPSA) is 87.7 Å². The van der Waals surface area contributed by atoms with Crippen LogP contribution in [0.2, 0.25) is 0 Å². The van der Waals surface area contributed by atoms with Crippen molar-refractivity contribution in [3.63, 3.8) is 0 Å². The average molecular weight is 466 g/mol. The van der Waals surface area contributed by atoms with Crippen LogP contribution in [0.1, 0.15) is 72.6 Å². The van der Waals surface area contributed by atoms with E-state index in [1.807, 2.05) is 45.0 Å². The van der Waals surface area contributed by atoms with Crippen molar-refractivity contribution in [3.05, 3.63) is 35.4 Å². The maximum Gasteiger partial charge on any atom is 0.408 e. The number of nitrogens with zero attached hydrogens (tertiary/aromatic N) is 1. The summed E-state index contributed by atoms with van der Waals surface area (Å²) in [7, 11) is 0. The Kier molecular flexibility index (Phi) is 10.1. The van der Waals surface area contributed by atoms with E-state index >= 15 is 0 Å². The molecular formula is C24H39N3O4S. The molecule has 180 valence electrons. The second kappa shape index (κ2) is 11.6. The lowest BCUT2D eigenvalue weighted by Gasteiger charge is -2.35. The summed E-state index contributed by atoms with van der Waals surface area (Å²) in [5, 5.41) is 5.57. The lowest BCUT2D eigenvalue weighted by molar-refractivity contribution is -0.142. The van der Waals surface area contributed by atoms with Crippen LogP contribution in [0.3, 0.4) is 0 Å². The lowest BCUT2D eigenvalue weighted by Crippen LogP contribution is -2.55. The molecule has 0 saturated carbocycles. The van der Waals surface area contributed by atoms with E-state index in [9.17, 15) is 14.4 Å². The van der Waals surface area contributed by atoms with Gasteiger partial charge in [-0.3, -0.25) is 9.59 Å². The molecule has 3 amide bonds. The van der Waals surface area contributed by atoms with Crippen molar-refractivity contribution in [2.45, 2.75) is 85.0 Å². The van der Waals surface area contributed by atoms with Crippen LogP contribution in [-0.2, 0) is 20.7 Å². The molecule has 2 atom stereocenters. The third-order valence-corrected chi connectivity index (χ3v) is 4.92. The van der Waals surface area contributed by atoms with Crippen molar-refractivity contribution in [2.75, 3.05) is 12.3 Å². The van der Waals surface area contributed by atoms with Crippen LogP contribution < -0.4 is 10.6 Å². The molecule has 32 heavy (non-hydrogen) atoms. The zero-order valence-corrected chi connectivity index (χ0v) is 21.5. The van der Waals surface area contributed by atoms with Gasteiger partial charge >= 0.3 is 6.09 Å². The van der Waals surface area contributed by atoms with E-state index in [-0.39, 0.29) is 18.2 Å². The first-order chi connectivity index (χ1) is 14.7. The number of amides is 3. The van der Waals surface area contributed by atoms with E-state index in [4.69, 9.17) is 4.74 Å². The SMILES string of the molecule is CCc1ccc(C(C(=O)NC(C)(C)C)N(CC)C(=O)C(CS)NC(=O)OC(C)(C)C)cc1. The number of carbonyl (C=O) groups excluding carboxylic acids is 3. The molecule has 0 spiro atoms. The van der Waals surface area contributed by atoms with Crippen molar-refractivity contribution < 1.29 is 19.1 Å². The monoisotopic (exact) mass is 465 g/mol. The molecular weight excluding hydrogens is 426 g/mol. The van der Waals surface area contributed by atoms with Crippen LogP contribution in [0.4, 0.5) is 4.79 Å². The average Bonchev–Trinajstić information content (AvgIpc) is 2.67. The summed E-state index contributed by atoms with van der Waals surface area (Å²) in [4.78, 5) is 40.5. The number of likely N-dealkylation sites (N-methyl/N-ethyl adjacent to an activating group) is 1. The molecule has 1 aromatic rings. The largest absolute Gasteiger partial charge is 0.444 e. The summed E-state index contributed by atoms with van der Waals surface area (Å²) in [6, 6.07) is 5.88. The zero-order chi connectivity index (χ0) is 24.7. The number of hydrogen-bond acceptors (Lipinski definition) is 5. The number of alkyl carbamates (subject to hydrolysis) is 1. The van der Waals surface area contributed by atoms with E-state index < -0.39 is 35.2 Å². The number of aryl methyl sites for hydroxylation is 1. The lowest BCUT2D eigenvalue weighted by atomic mass is 9.99. The highest BCUT2D eigenvalue weighted by Crippen LogP contribution is 2.24. The van der Waals surface area contributed by atoms with Gasteiger partial charge in [0.1, 0.15) is 17.7 Å². The summed E-state index contributed by atoms with van der Waals surface area (Å²) in [6.07, 6.45) is 0.167. The molecule has 1 aromatic carbocycles. The van der Waals surface area contributed by atoms with Crippen molar-refractivity contribution in [3.8, 4) is 0 Å². The van der Waals surface area contributed by atoms with Crippen molar-refractivity contribution in [2.24, 2.45) is 0 Å². The number of thiol groups is 1. The van der Waals surface area contributed by atoms with Crippen LogP contribution in [0.5, 0.6) is 0 Å². The number of ether oxygens (including phenoxy) is 1. The fourth-order valence-corrected chi connectivity index (χ4v) is 3.40. The summed E-state index contributed by atoms with van der Waals surface area (Å²) >= 11 is 4.26. The Balaban J connectivity index is 3.28. The second-order valence-corrected chi connectivity index (χ2v) is 10.1. The van der Waals surface area contributed by atoms with Crippen LogP contribution >= 0.6 is 12.6 Å². The number of rotatable bonds is 8. The first-order valence-corrected chi connectivity index (χ1v) is 11.7. The Morgan fingerprint density at radius 2 is 1.59 bits per heavy atom. The summed E-state index contributed by atoms with van der Waals surface area (Å²) in [6.45, 7) is 15.0. The molecule has 0 fully saturated rings. The maximum absolute atomic E-state index is 13.4. The van der Waals surface area contributed by atoms with Gasteiger partial charge in [0.15, 0.2) is 0 Å². The van der Waals surface area contributed by atoms with E-state index in [1.54, 1.807) is 27.7 Å². The van der Waals surface area contributed by atoms with Gasteiger partial charge in [-0.2, -0.15) is 12.6 Å². The van der Waals surface area contributed by atoms with Crippen LogP contribution in [0.25, 0.3) is 0 Å². The number of benzene rings is 1. The first-order valence-electron chi connectivity index (χ1n) is 11.0. The van der Waals surface area contributed by atoms with Crippen LogP contribution in [0, 0.1) is 0 Å². The smallest absolute Gasteiger partial charge is 0.408 e. The highest BCUT2D eigenvalue weighted by molar-refractivity contribution is 7.80. The van der Waals surface area contributed by atoms with Crippen molar-refractivity contribution in [1.29, 1.82) is 0 Å². The predicted octanol–water partition coefficient (Wildman–Crippen LogP) is 3.88. The molecule has 0 aliphatic heterocycles. The third kappa shape index (κ3) is 8.73. The van der Waals surface area contributed by atoms with Gasteiger partial charge in [0.2, 0.25) is 11.8 Å². The molecule has 0 aliphatic rings. The minimum Gasteiger partial charge on any atom is -0.444 e. The number of nitrogens with one attached hydrogen (secondary N) is 2. The molecule has 0 aliphatic carbocycles. The molecule has 0 aromatic heterocycles. The Morgan fingerprint density at radius 3 is 2.00 bits per heavy atom. The van der Waals surface area contributed by atoms with Crippen molar-refractivity contribution >= 4 is 30.5 Å². The highest BCUT2D eigenvalue weighted by atomic mass is 32.1. The third-order valence-electron chi connectivity index (χ3n) is 4.56. The van der Waals surface area contributed by atoms with E-state index in [0.29, 0.717) is 5.56 Å². The van der Waals surface area contributed by atoms with Gasteiger partial charge in [-0.05, 0) is 66.0 Å². The van der Waals surface area contributed by atoms with Gasteiger partial charge in [-0.1, -0.05) is 31.2 Å². The maximum atomic E-state index is 13.4. The molecule has 7 nitrogen and oxygen atoms in total. The van der Waals surface area contributed by atoms with E-state index in [1.165, 1.54) is 4.90 Å². The van der Waals surface area contributed by atoms with E-state index in [0.717, 1.165) is 12.0 Å². The molecule has 0 bridgehead atoms. The summed E-state index contributed by atoms with van der Waals surface area (Å²) in [5.74, 6) is -0.620. The fourth-order valence-electron chi connectivity index (χ4n) is 3.15. The van der Waals surface area contributed by atoms with Gasteiger partial charge in [0.25, 0.3) is 0 Å². The molecule has 2 N–H and O–H groups in total. The van der Waals surface area contributed by atoms with Gasteiger partial charge in [0, 0.05) is 17.8 Å². The normalized spacial score (nSPS) is 13.7. The number of carbonyl (C=O) groups is 3. The van der Waals surface area contributed by atoms with E-state index in [2.05, 4.69) is 30.2 Å².